The van der Waals surface area contributed by atoms with Gasteiger partial charge in [0, 0.05) is 12.2 Å². The SMILES string of the molecule is CCCCOC(=O)/C=C/C(=O)O[Si]C. The molecule has 0 rings (SSSR count). The summed E-state index contributed by atoms with van der Waals surface area (Å²) >= 11 is 0. The standard InChI is InChI=1S/C9H14O4Si/c1-3-4-7-12-8(10)5-6-9(11)13-14-2/h5-6H,3-4,7H2,1-2H3/b6-5+. The lowest BCUT2D eigenvalue weighted by molar-refractivity contribution is -0.138. The average Bonchev–Trinajstić information content (AvgIpc) is 2.16. The van der Waals surface area contributed by atoms with E-state index in [0.29, 0.717) is 6.61 Å². The minimum atomic E-state index is -0.515. The third kappa shape index (κ3) is 7.54. The topological polar surface area (TPSA) is 52.6 Å². The van der Waals surface area contributed by atoms with Crippen molar-refractivity contribution >= 4 is 21.7 Å². The Kier molecular flexibility index (Phi) is 7.82. The monoisotopic (exact) mass is 214 g/mol. The van der Waals surface area contributed by atoms with Crippen LogP contribution in [0.4, 0.5) is 0 Å². The van der Waals surface area contributed by atoms with Crippen LogP contribution in [0.2, 0.25) is 6.55 Å². The summed E-state index contributed by atoms with van der Waals surface area (Å²) < 4.78 is 9.39. The number of carbonyl (C=O) groups is 2. The Hall–Kier alpha value is -1.10. The van der Waals surface area contributed by atoms with Crippen molar-refractivity contribution in [2.45, 2.75) is 26.3 Å². The molecule has 0 aliphatic heterocycles. The van der Waals surface area contributed by atoms with E-state index in [2.05, 4.69) is 4.43 Å². The fraction of sp³-hybridized carbons (Fsp3) is 0.556. The quantitative estimate of drug-likeness (QED) is 0.287. The Bertz CT molecular complexity index is 213. The van der Waals surface area contributed by atoms with Crippen LogP contribution in [0, 0.1) is 0 Å². The zero-order valence-corrected chi connectivity index (χ0v) is 9.41. The molecular weight excluding hydrogens is 200 g/mol. The molecule has 0 bridgehead atoms. The van der Waals surface area contributed by atoms with Gasteiger partial charge in [-0.25, -0.2) is 9.59 Å². The minimum Gasteiger partial charge on any atom is -0.514 e. The first-order chi connectivity index (χ1) is 6.70. The lowest BCUT2D eigenvalue weighted by Crippen LogP contribution is -2.05. The van der Waals surface area contributed by atoms with Crippen molar-refractivity contribution in [2.24, 2.45) is 0 Å². The number of carbonyl (C=O) groups excluding carboxylic acids is 2. The first-order valence-corrected chi connectivity index (χ1v) is 5.84. The van der Waals surface area contributed by atoms with Crippen LogP contribution in [0.15, 0.2) is 12.2 Å². The number of hydrogen-bond donors (Lipinski definition) is 0. The molecule has 0 spiro atoms. The lowest BCUT2D eigenvalue weighted by atomic mass is 10.4. The highest BCUT2D eigenvalue weighted by molar-refractivity contribution is 6.29. The van der Waals surface area contributed by atoms with Crippen molar-refractivity contribution in [1.82, 2.24) is 0 Å². The third-order valence-corrected chi connectivity index (χ3v) is 1.71. The van der Waals surface area contributed by atoms with Crippen LogP contribution in [0.25, 0.3) is 0 Å². The first kappa shape index (κ1) is 12.9. The Morgan fingerprint density at radius 1 is 1.29 bits per heavy atom. The summed E-state index contributed by atoms with van der Waals surface area (Å²) in [5.74, 6) is -1.02. The Morgan fingerprint density at radius 2 is 1.93 bits per heavy atom. The number of hydrogen-bond acceptors (Lipinski definition) is 4. The van der Waals surface area contributed by atoms with Crippen LogP contribution in [0.3, 0.4) is 0 Å². The number of unbranched alkanes of at least 4 members (excludes halogenated alkanes) is 1. The van der Waals surface area contributed by atoms with E-state index in [1.54, 1.807) is 6.55 Å². The molecule has 0 heterocycles. The molecule has 0 saturated carbocycles. The maximum absolute atomic E-state index is 10.9. The van der Waals surface area contributed by atoms with Crippen LogP contribution in [-0.2, 0) is 18.8 Å². The molecule has 4 nitrogen and oxygen atoms in total. The van der Waals surface area contributed by atoms with Gasteiger partial charge in [-0.1, -0.05) is 13.3 Å². The summed E-state index contributed by atoms with van der Waals surface area (Å²) in [6.07, 6.45) is 3.96. The zero-order valence-electron chi connectivity index (χ0n) is 8.41. The van der Waals surface area contributed by atoms with Gasteiger partial charge in [-0.3, -0.25) is 0 Å². The Morgan fingerprint density at radius 3 is 2.50 bits per heavy atom. The number of rotatable bonds is 6. The summed E-state index contributed by atoms with van der Waals surface area (Å²) in [6.45, 7) is 4.12. The van der Waals surface area contributed by atoms with Gasteiger partial charge in [-0.2, -0.15) is 0 Å². The first-order valence-electron chi connectivity index (χ1n) is 4.43. The molecule has 0 amide bonds. The second-order valence-electron chi connectivity index (χ2n) is 2.48. The van der Waals surface area contributed by atoms with E-state index in [-0.39, 0.29) is 9.76 Å². The molecule has 14 heavy (non-hydrogen) atoms. The highest BCUT2D eigenvalue weighted by atomic mass is 28.2. The van der Waals surface area contributed by atoms with E-state index in [0.717, 1.165) is 25.0 Å². The van der Waals surface area contributed by atoms with E-state index in [1.807, 2.05) is 6.92 Å². The van der Waals surface area contributed by atoms with Crippen molar-refractivity contribution in [3.8, 4) is 0 Å². The predicted molar refractivity (Wildman–Crippen MR) is 52.7 cm³/mol. The number of ether oxygens (including phenoxy) is 1. The predicted octanol–water partition coefficient (Wildman–Crippen LogP) is 1.10. The van der Waals surface area contributed by atoms with Crippen LogP contribution in [0.5, 0.6) is 0 Å². The molecule has 0 aliphatic rings. The van der Waals surface area contributed by atoms with Crippen molar-refractivity contribution in [3.05, 3.63) is 12.2 Å². The van der Waals surface area contributed by atoms with Gasteiger partial charge < -0.3 is 9.16 Å². The van der Waals surface area contributed by atoms with E-state index >= 15 is 0 Å². The molecule has 0 aromatic heterocycles. The van der Waals surface area contributed by atoms with Crippen LogP contribution >= 0.6 is 0 Å². The summed E-state index contributed by atoms with van der Waals surface area (Å²) in [7, 11) is 0.0896. The zero-order chi connectivity index (χ0) is 10.8. The van der Waals surface area contributed by atoms with Gasteiger partial charge in [0.15, 0.2) is 0 Å². The molecule has 2 radical (unpaired) electrons. The molecule has 0 saturated heterocycles. The summed E-state index contributed by atoms with van der Waals surface area (Å²) in [6, 6.07) is 0. The third-order valence-electron chi connectivity index (χ3n) is 1.30. The molecule has 0 N–H and O–H groups in total. The van der Waals surface area contributed by atoms with Gasteiger partial charge in [0.2, 0.25) is 0 Å². The van der Waals surface area contributed by atoms with Crippen molar-refractivity contribution in [3.63, 3.8) is 0 Å². The van der Waals surface area contributed by atoms with Gasteiger partial charge in [-0.15, -0.1) is 0 Å². The average molecular weight is 214 g/mol. The van der Waals surface area contributed by atoms with E-state index in [4.69, 9.17) is 4.74 Å². The molecule has 0 unspecified atom stereocenters. The van der Waals surface area contributed by atoms with Crippen LogP contribution in [-0.4, -0.2) is 28.3 Å². The highest BCUT2D eigenvalue weighted by Gasteiger charge is 1.99. The normalized spacial score (nSPS) is 10.1. The second kappa shape index (κ2) is 8.49. The molecule has 0 fully saturated rings. The van der Waals surface area contributed by atoms with Crippen molar-refractivity contribution in [2.75, 3.05) is 6.61 Å². The summed E-state index contributed by atoms with van der Waals surface area (Å²) in [5, 5.41) is 0. The molecular formula is C9H14O4Si. The maximum atomic E-state index is 10.9. The van der Waals surface area contributed by atoms with Gasteiger partial charge in [0.05, 0.1) is 6.61 Å². The fourth-order valence-electron chi connectivity index (χ4n) is 0.636. The van der Waals surface area contributed by atoms with Crippen molar-refractivity contribution in [1.29, 1.82) is 0 Å². The molecule has 5 heteroatoms. The van der Waals surface area contributed by atoms with Gasteiger partial charge in [-0.05, 0) is 13.0 Å². The van der Waals surface area contributed by atoms with Gasteiger partial charge in [0.25, 0.3) is 0 Å². The van der Waals surface area contributed by atoms with E-state index in [1.165, 1.54) is 0 Å². The molecule has 78 valence electrons. The largest absolute Gasteiger partial charge is 0.514 e. The molecule has 0 atom stereocenters. The van der Waals surface area contributed by atoms with E-state index in [9.17, 15) is 9.59 Å². The Labute approximate surface area is 86.2 Å². The maximum Gasteiger partial charge on any atom is 0.331 e. The second-order valence-corrected chi connectivity index (χ2v) is 3.09. The highest BCUT2D eigenvalue weighted by Crippen LogP contribution is 1.90. The minimum absolute atomic E-state index is 0.0896. The molecule has 0 aliphatic carbocycles. The fourth-order valence-corrected chi connectivity index (χ4v) is 0.905. The lowest BCUT2D eigenvalue weighted by Gasteiger charge is -1.98. The molecule has 0 aromatic carbocycles. The van der Waals surface area contributed by atoms with Crippen LogP contribution in [0.1, 0.15) is 19.8 Å². The summed E-state index contributed by atoms with van der Waals surface area (Å²) in [4.78, 5) is 21.7. The number of esters is 1. The summed E-state index contributed by atoms with van der Waals surface area (Å²) in [5.41, 5.74) is 0. The smallest absolute Gasteiger partial charge is 0.331 e. The van der Waals surface area contributed by atoms with Gasteiger partial charge >= 0.3 is 21.7 Å². The van der Waals surface area contributed by atoms with E-state index < -0.39 is 11.9 Å². The van der Waals surface area contributed by atoms with Crippen molar-refractivity contribution < 1.29 is 18.8 Å². The Balaban J connectivity index is 3.64. The van der Waals surface area contributed by atoms with Gasteiger partial charge in [0.1, 0.15) is 0 Å². The molecule has 0 aromatic rings. The van der Waals surface area contributed by atoms with Crippen LogP contribution < -0.4 is 0 Å².